The molecular formula is C27H24OP+. The van der Waals surface area contributed by atoms with Crippen molar-refractivity contribution in [3.63, 3.8) is 0 Å². The topological polar surface area (TPSA) is 17.1 Å². The summed E-state index contributed by atoms with van der Waals surface area (Å²) < 4.78 is 0. The van der Waals surface area contributed by atoms with Gasteiger partial charge in [-0.05, 0) is 43.3 Å². The molecule has 29 heavy (non-hydrogen) atoms. The van der Waals surface area contributed by atoms with E-state index in [4.69, 9.17) is 0 Å². The number of hydrogen-bond donors (Lipinski definition) is 0. The number of Topliss-reactive ketones (excluding diaryl/α,β-unsaturated/α-hetero) is 1. The molecule has 0 saturated carbocycles. The molecule has 0 aliphatic heterocycles. The van der Waals surface area contributed by atoms with Crippen LogP contribution >= 0.6 is 7.26 Å². The molecule has 4 aromatic rings. The number of aryl methyl sites for hydroxylation is 1. The lowest BCUT2D eigenvalue weighted by atomic mass is 10.1. The third-order valence-electron chi connectivity index (χ3n) is 5.35. The lowest BCUT2D eigenvalue weighted by Crippen LogP contribution is -2.35. The molecule has 0 bridgehead atoms. The molecule has 0 amide bonds. The second-order valence-corrected chi connectivity index (χ2v) is 10.7. The van der Waals surface area contributed by atoms with Crippen LogP contribution in [0.3, 0.4) is 0 Å². The fourth-order valence-electron chi connectivity index (χ4n) is 3.81. The molecule has 0 unspecified atom stereocenters. The van der Waals surface area contributed by atoms with Gasteiger partial charge in [0.1, 0.15) is 29.3 Å². The predicted molar refractivity (Wildman–Crippen MR) is 126 cm³/mol. The Morgan fingerprint density at radius 1 is 0.586 bits per heavy atom. The van der Waals surface area contributed by atoms with E-state index in [2.05, 4.69) is 72.8 Å². The van der Waals surface area contributed by atoms with Crippen molar-refractivity contribution in [2.24, 2.45) is 0 Å². The van der Waals surface area contributed by atoms with E-state index in [-0.39, 0.29) is 5.78 Å². The maximum absolute atomic E-state index is 13.5. The molecule has 1 nitrogen and oxygen atoms in total. The Kier molecular flexibility index (Phi) is 5.69. The van der Waals surface area contributed by atoms with Gasteiger partial charge in [-0.3, -0.25) is 4.79 Å². The molecule has 4 aromatic carbocycles. The first-order chi connectivity index (χ1) is 14.2. The monoisotopic (exact) mass is 395 g/mol. The van der Waals surface area contributed by atoms with Crippen molar-refractivity contribution >= 4 is 29.0 Å². The predicted octanol–water partition coefficient (Wildman–Crippen LogP) is 5.17. The van der Waals surface area contributed by atoms with Crippen LogP contribution in [-0.2, 0) is 0 Å². The van der Waals surface area contributed by atoms with Crippen LogP contribution in [-0.4, -0.2) is 11.9 Å². The zero-order valence-corrected chi connectivity index (χ0v) is 17.4. The van der Waals surface area contributed by atoms with Gasteiger partial charge >= 0.3 is 0 Å². The van der Waals surface area contributed by atoms with Crippen molar-refractivity contribution in [1.29, 1.82) is 0 Å². The van der Waals surface area contributed by atoms with E-state index in [9.17, 15) is 4.79 Å². The highest BCUT2D eigenvalue weighted by Crippen LogP contribution is 2.55. The van der Waals surface area contributed by atoms with Gasteiger partial charge in [-0.2, -0.15) is 0 Å². The van der Waals surface area contributed by atoms with Crippen LogP contribution in [0.1, 0.15) is 15.9 Å². The van der Waals surface area contributed by atoms with Crippen molar-refractivity contribution in [3.05, 3.63) is 126 Å². The van der Waals surface area contributed by atoms with Crippen LogP contribution in [0.5, 0.6) is 0 Å². The molecule has 0 aromatic heterocycles. The fourth-order valence-corrected chi connectivity index (χ4v) is 7.91. The van der Waals surface area contributed by atoms with Crippen molar-refractivity contribution in [2.75, 3.05) is 6.16 Å². The Bertz CT molecular complexity index is 975. The lowest BCUT2D eigenvalue weighted by molar-refractivity contribution is 0.102. The van der Waals surface area contributed by atoms with Gasteiger partial charge in [0.15, 0.2) is 0 Å². The molecule has 0 aliphatic carbocycles. The molecule has 0 fully saturated rings. The average Bonchev–Trinajstić information content (AvgIpc) is 2.79. The van der Waals surface area contributed by atoms with Crippen molar-refractivity contribution in [2.45, 2.75) is 6.92 Å². The van der Waals surface area contributed by atoms with Crippen molar-refractivity contribution in [3.8, 4) is 0 Å². The van der Waals surface area contributed by atoms with Crippen LogP contribution < -0.4 is 15.9 Å². The quantitative estimate of drug-likeness (QED) is 0.325. The van der Waals surface area contributed by atoms with E-state index in [0.717, 1.165) is 11.1 Å². The zero-order chi connectivity index (χ0) is 20.1. The van der Waals surface area contributed by atoms with Crippen LogP contribution in [0.2, 0.25) is 0 Å². The Labute approximate surface area is 173 Å². The smallest absolute Gasteiger partial charge is 0.201 e. The summed E-state index contributed by atoms with van der Waals surface area (Å²) in [6.07, 6.45) is 0.480. The minimum Gasteiger partial charge on any atom is -0.290 e. The van der Waals surface area contributed by atoms with Crippen molar-refractivity contribution < 1.29 is 4.79 Å². The van der Waals surface area contributed by atoms with E-state index in [1.165, 1.54) is 15.9 Å². The Morgan fingerprint density at radius 2 is 0.966 bits per heavy atom. The number of ketones is 1. The fraction of sp³-hybridized carbons (Fsp3) is 0.0741. The first-order valence-electron chi connectivity index (χ1n) is 9.85. The Morgan fingerprint density at radius 3 is 1.34 bits per heavy atom. The number of hydrogen-bond acceptors (Lipinski definition) is 1. The second-order valence-electron chi connectivity index (χ2n) is 7.26. The number of rotatable bonds is 6. The van der Waals surface area contributed by atoms with E-state index in [1.54, 1.807) is 0 Å². The van der Waals surface area contributed by atoms with Gasteiger partial charge in [-0.25, -0.2) is 0 Å². The molecule has 4 rings (SSSR count). The maximum atomic E-state index is 13.5. The van der Waals surface area contributed by atoms with Gasteiger partial charge in [-0.1, -0.05) is 84.4 Å². The molecule has 0 aliphatic rings. The number of carbonyl (C=O) groups excluding carboxylic acids is 1. The van der Waals surface area contributed by atoms with Gasteiger partial charge in [0.05, 0.1) is 0 Å². The first-order valence-corrected chi connectivity index (χ1v) is 11.8. The number of carbonyl (C=O) groups is 1. The van der Waals surface area contributed by atoms with E-state index < -0.39 is 7.26 Å². The highest BCUT2D eigenvalue weighted by Gasteiger charge is 2.47. The third-order valence-corrected chi connectivity index (χ3v) is 9.65. The van der Waals surface area contributed by atoms with Crippen LogP contribution in [0.15, 0.2) is 115 Å². The molecule has 0 heterocycles. The third kappa shape index (κ3) is 3.92. The molecule has 0 radical (unpaired) electrons. The normalized spacial score (nSPS) is 11.2. The summed E-state index contributed by atoms with van der Waals surface area (Å²) in [5.74, 6) is 0.190. The second kappa shape index (κ2) is 8.55. The molecule has 0 atom stereocenters. The zero-order valence-electron chi connectivity index (χ0n) is 16.5. The summed E-state index contributed by atoms with van der Waals surface area (Å²) in [7, 11) is -2.14. The van der Waals surface area contributed by atoms with Gasteiger partial charge in [0.2, 0.25) is 5.78 Å². The van der Waals surface area contributed by atoms with E-state index >= 15 is 0 Å². The van der Waals surface area contributed by atoms with E-state index in [0.29, 0.717) is 6.16 Å². The van der Waals surface area contributed by atoms with Gasteiger partial charge < -0.3 is 0 Å². The maximum Gasteiger partial charge on any atom is 0.201 e. The standard InChI is InChI=1S/C27H24OP/c1-22-17-19-23(20-18-22)27(28)21-29(24-11-5-2-6-12-24,25-13-7-3-8-14-25)26-15-9-4-10-16-26/h2-20H,21H2,1H3/q+1. The summed E-state index contributed by atoms with van der Waals surface area (Å²) in [4.78, 5) is 13.5. The van der Waals surface area contributed by atoms with Gasteiger partial charge in [0.25, 0.3) is 0 Å². The molecule has 2 heteroatoms. The molecular weight excluding hydrogens is 371 g/mol. The minimum absolute atomic E-state index is 0.190. The van der Waals surface area contributed by atoms with E-state index in [1.807, 2.05) is 49.4 Å². The highest BCUT2D eigenvalue weighted by molar-refractivity contribution is 7.96. The summed E-state index contributed by atoms with van der Waals surface area (Å²) in [5, 5.41) is 3.70. The van der Waals surface area contributed by atoms with Crippen LogP contribution in [0.4, 0.5) is 0 Å². The van der Waals surface area contributed by atoms with Crippen LogP contribution in [0.25, 0.3) is 0 Å². The molecule has 0 N–H and O–H groups in total. The summed E-state index contributed by atoms with van der Waals surface area (Å²) in [5.41, 5.74) is 1.94. The molecule has 142 valence electrons. The van der Waals surface area contributed by atoms with Gasteiger partial charge in [-0.15, -0.1) is 0 Å². The van der Waals surface area contributed by atoms with Crippen molar-refractivity contribution in [1.82, 2.24) is 0 Å². The average molecular weight is 395 g/mol. The Balaban J connectivity index is 1.92. The lowest BCUT2D eigenvalue weighted by Gasteiger charge is -2.27. The van der Waals surface area contributed by atoms with Crippen LogP contribution in [0, 0.1) is 6.92 Å². The summed E-state index contributed by atoms with van der Waals surface area (Å²) in [6.45, 7) is 2.05. The van der Waals surface area contributed by atoms with Gasteiger partial charge in [0, 0.05) is 5.56 Å². The molecule has 0 saturated heterocycles. The summed E-state index contributed by atoms with van der Waals surface area (Å²) in [6, 6.07) is 39.6. The first kappa shape index (κ1) is 19.3. The SMILES string of the molecule is Cc1ccc(C(=O)C[P+](c2ccccc2)(c2ccccc2)c2ccccc2)cc1. The highest BCUT2D eigenvalue weighted by atomic mass is 31.2. The molecule has 0 spiro atoms. The number of benzene rings is 4. The minimum atomic E-state index is -2.14. The Hall–Kier alpha value is -3.02. The largest absolute Gasteiger partial charge is 0.290 e. The summed E-state index contributed by atoms with van der Waals surface area (Å²) >= 11 is 0.